The summed E-state index contributed by atoms with van der Waals surface area (Å²) in [6.45, 7) is 6.35. The summed E-state index contributed by atoms with van der Waals surface area (Å²) in [6, 6.07) is 2.11. The van der Waals surface area contributed by atoms with Crippen molar-refractivity contribution in [1.82, 2.24) is 20.0 Å². The van der Waals surface area contributed by atoms with Crippen molar-refractivity contribution in [3.8, 4) is 6.07 Å². The van der Waals surface area contributed by atoms with Gasteiger partial charge in [0.05, 0.1) is 25.8 Å². The maximum atomic E-state index is 12.5. The highest BCUT2D eigenvalue weighted by atomic mass is 16.8. The van der Waals surface area contributed by atoms with Crippen LogP contribution in [0.25, 0.3) is 0 Å². The van der Waals surface area contributed by atoms with Gasteiger partial charge in [0.2, 0.25) is 11.7 Å². The molecule has 4 saturated heterocycles. The number of ether oxygens (including phenoxy) is 4. The fourth-order valence-electron chi connectivity index (χ4n) is 5.50. The highest BCUT2D eigenvalue weighted by molar-refractivity contribution is 5.79. The first-order valence-electron chi connectivity index (χ1n) is 12.8. The largest absolute Gasteiger partial charge is 0.441 e. The molecule has 0 aromatic rings. The van der Waals surface area contributed by atoms with Gasteiger partial charge in [-0.25, -0.2) is 4.79 Å². The highest BCUT2D eigenvalue weighted by Gasteiger charge is 2.62. The second-order valence-corrected chi connectivity index (χ2v) is 10.8. The molecule has 5 atom stereocenters. The minimum Gasteiger partial charge on any atom is -0.441 e. The molecule has 2 amide bonds. The van der Waals surface area contributed by atoms with Gasteiger partial charge in [0.25, 0.3) is 0 Å². The Morgan fingerprint density at radius 3 is 2.61 bits per heavy atom. The first-order valence-corrected chi connectivity index (χ1v) is 12.8. The number of likely N-dealkylation sites (tertiary alicyclic amines) is 2. The predicted molar refractivity (Wildman–Crippen MR) is 126 cm³/mol. The van der Waals surface area contributed by atoms with Crippen LogP contribution in [0.3, 0.4) is 0 Å². The van der Waals surface area contributed by atoms with E-state index >= 15 is 0 Å². The molecule has 0 aliphatic carbocycles. The molecule has 2 N–H and O–H groups in total. The summed E-state index contributed by atoms with van der Waals surface area (Å²) >= 11 is 0. The molecule has 0 spiro atoms. The number of hydrogen-bond donors (Lipinski definition) is 2. The highest BCUT2D eigenvalue weighted by Crippen LogP contribution is 2.43. The van der Waals surface area contributed by atoms with Gasteiger partial charge in [-0.3, -0.25) is 9.69 Å². The average molecular weight is 510 g/mol. The van der Waals surface area contributed by atoms with Gasteiger partial charge in [0, 0.05) is 26.7 Å². The van der Waals surface area contributed by atoms with E-state index in [1.807, 2.05) is 0 Å². The summed E-state index contributed by atoms with van der Waals surface area (Å²) in [6.07, 6.45) is -0.0312. The van der Waals surface area contributed by atoms with Gasteiger partial charge < -0.3 is 39.2 Å². The molecule has 0 radical (unpaired) electrons. The number of nitrogens with one attached hydrogen (secondary N) is 1. The Morgan fingerprint density at radius 1 is 1.22 bits per heavy atom. The fraction of sp³-hybridized carbons (Fsp3) is 0.875. The molecule has 0 aromatic carbocycles. The van der Waals surface area contributed by atoms with Crippen molar-refractivity contribution >= 4 is 12.0 Å². The number of aliphatic hydroxyl groups is 1. The molecule has 12 nitrogen and oxygen atoms in total. The van der Waals surface area contributed by atoms with Crippen molar-refractivity contribution in [3.05, 3.63) is 0 Å². The van der Waals surface area contributed by atoms with Crippen LogP contribution in [-0.2, 0) is 23.7 Å². The number of rotatable bonds is 6. The average Bonchev–Trinajstić information content (AvgIpc) is 3.42. The van der Waals surface area contributed by atoms with Crippen LogP contribution < -0.4 is 5.32 Å². The van der Waals surface area contributed by atoms with E-state index < -0.39 is 36.0 Å². The van der Waals surface area contributed by atoms with Crippen molar-refractivity contribution in [2.75, 3.05) is 53.4 Å². The molecule has 36 heavy (non-hydrogen) atoms. The normalized spacial score (nSPS) is 34.7. The topological polar surface area (TPSA) is 137 Å². The van der Waals surface area contributed by atoms with E-state index in [1.165, 1.54) is 4.90 Å². The third kappa shape index (κ3) is 5.77. The van der Waals surface area contributed by atoms with Crippen LogP contribution >= 0.6 is 0 Å². The Kier molecular flexibility index (Phi) is 8.09. The summed E-state index contributed by atoms with van der Waals surface area (Å²) in [5.41, 5.74) is 0. The number of amides is 2. The molecular formula is C24H39N5O7. The lowest BCUT2D eigenvalue weighted by atomic mass is 9.95. The van der Waals surface area contributed by atoms with Gasteiger partial charge >= 0.3 is 6.09 Å². The molecular weight excluding hydrogens is 470 g/mol. The number of carbonyl (C=O) groups excluding carboxylic acids is 2. The van der Waals surface area contributed by atoms with Gasteiger partial charge in [-0.1, -0.05) is 0 Å². The first kappa shape index (κ1) is 27.0. The van der Waals surface area contributed by atoms with E-state index in [9.17, 15) is 20.0 Å². The molecule has 0 aromatic heterocycles. The van der Waals surface area contributed by atoms with Crippen molar-refractivity contribution < 1.29 is 33.6 Å². The van der Waals surface area contributed by atoms with Crippen molar-refractivity contribution in [3.63, 3.8) is 0 Å². The number of piperidine rings is 1. The summed E-state index contributed by atoms with van der Waals surface area (Å²) in [4.78, 5) is 29.7. The van der Waals surface area contributed by atoms with E-state index in [4.69, 9.17) is 18.9 Å². The second-order valence-electron chi connectivity index (χ2n) is 10.8. The molecule has 4 aliphatic heterocycles. The molecule has 0 unspecified atom stereocenters. The third-order valence-electron chi connectivity index (χ3n) is 7.36. The molecule has 0 bridgehead atoms. The maximum absolute atomic E-state index is 12.5. The van der Waals surface area contributed by atoms with Crippen LogP contribution in [0.4, 0.5) is 4.79 Å². The van der Waals surface area contributed by atoms with Gasteiger partial charge in [-0.2, -0.15) is 5.26 Å². The minimum atomic E-state index is -1.18. The lowest BCUT2D eigenvalue weighted by Crippen LogP contribution is -2.64. The van der Waals surface area contributed by atoms with Crippen LogP contribution in [0, 0.1) is 11.3 Å². The fourth-order valence-corrected chi connectivity index (χ4v) is 5.50. The second kappa shape index (κ2) is 10.8. The number of fused-ring (bicyclic) bond motifs is 1. The Balaban J connectivity index is 1.30. The zero-order valence-corrected chi connectivity index (χ0v) is 21.6. The Hall–Kier alpha value is -2.01. The number of carbonyl (C=O) groups is 2. The molecule has 4 aliphatic rings. The van der Waals surface area contributed by atoms with E-state index in [-0.39, 0.29) is 31.1 Å². The SMILES string of the molecule is CN(C)C(=O)O[C@@H]1CO[C@@]2(CN3CCC(NCC(=O)N4CCC[C@H]4C#N)CC3)OC(C)(C)O[C@H]2[C@@H]1O. The van der Waals surface area contributed by atoms with Gasteiger partial charge in [0.1, 0.15) is 18.2 Å². The zero-order chi connectivity index (χ0) is 26.1. The number of nitrogens with zero attached hydrogens (tertiary/aromatic N) is 4. The summed E-state index contributed by atoms with van der Waals surface area (Å²) < 4.78 is 23.8. The van der Waals surface area contributed by atoms with Crippen LogP contribution in [0.5, 0.6) is 0 Å². The molecule has 4 fully saturated rings. The summed E-state index contributed by atoms with van der Waals surface area (Å²) in [5.74, 6) is -2.16. The molecule has 4 heterocycles. The van der Waals surface area contributed by atoms with Gasteiger partial charge in [-0.15, -0.1) is 0 Å². The number of aliphatic hydroxyl groups excluding tert-OH is 1. The number of hydrogen-bond acceptors (Lipinski definition) is 10. The van der Waals surface area contributed by atoms with E-state index in [1.54, 1.807) is 32.8 Å². The minimum absolute atomic E-state index is 0.00297. The smallest absolute Gasteiger partial charge is 0.409 e. The monoisotopic (exact) mass is 509 g/mol. The number of nitriles is 1. The Labute approximate surface area is 212 Å². The van der Waals surface area contributed by atoms with Crippen LogP contribution in [0.1, 0.15) is 39.5 Å². The van der Waals surface area contributed by atoms with Crippen molar-refractivity contribution in [2.45, 2.75) is 81.5 Å². The summed E-state index contributed by atoms with van der Waals surface area (Å²) in [7, 11) is 3.15. The molecule has 12 heteroatoms. The van der Waals surface area contributed by atoms with Crippen LogP contribution in [0.15, 0.2) is 0 Å². The van der Waals surface area contributed by atoms with Gasteiger partial charge in [0.15, 0.2) is 11.9 Å². The summed E-state index contributed by atoms with van der Waals surface area (Å²) in [5, 5.41) is 23.6. The van der Waals surface area contributed by atoms with E-state index in [0.717, 1.165) is 38.8 Å². The van der Waals surface area contributed by atoms with E-state index in [0.29, 0.717) is 13.1 Å². The van der Waals surface area contributed by atoms with Crippen molar-refractivity contribution in [1.29, 1.82) is 5.26 Å². The third-order valence-corrected chi connectivity index (χ3v) is 7.36. The molecule has 202 valence electrons. The van der Waals surface area contributed by atoms with Crippen molar-refractivity contribution in [2.24, 2.45) is 0 Å². The van der Waals surface area contributed by atoms with Crippen LogP contribution in [-0.4, -0.2) is 127 Å². The molecule has 4 rings (SSSR count). The Morgan fingerprint density at radius 2 is 1.94 bits per heavy atom. The lowest BCUT2D eigenvalue weighted by molar-refractivity contribution is -0.297. The first-order chi connectivity index (χ1) is 17.0. The molecule has 0 saturated carbocycles. The standard InChI is InChI=1S/C24H39N5O7/c1-23(2)35-21-20(31)18(34-22(32)27(3)4)14-33-24(21,36-23)15-28-10-7-16(8-11-28)26-13-19(30)29-9-5-6-17(29)12-25/h16-18,20-21,26,31H,5-11,13-15H2,1-4H3/t17-,18+,20+,21-,24-/m0/s1. The zero-order valence-electron chi connectivity index (χ0n) is 21.6. The van der Waals surface area contributed by atoms with Crippen LogP contribution in [0.2, 0.25) is 0 Å². The van der Waals surface area contributed by atoms with Gasteiger partial charge in [-0.05, 0) is 52.6 Å². The quantitative estimate of drug-likeness (QED) is 0.498. The predicted octanol–water partition coefficient (Wildman–Crippen LogP) is -0.139. The Bertz CT molecular complexity index is 856. The van der Waals surface area contributed by atoms with E-state index in [2.05, 4.69) is 16.3 Å². The maximum Gasteiger partial charge on any atom is 0.409 e. The lowest BCUT2D eigenvalue weighted by Gasteiger charge is -2.45.